The number of carbonyl (C=O) groups is 1. The second-order valence-corrected chi connectivity index (χ2v) is 5.56. The number of nitrogens with zero attached hydrogens (tertiary/aromatic N) is 1. The standard InChI is InChI=1S/C18H19FN2O/c19-17-7-5-14(6-8-17)11-20-12-18(22)21-10-9-15-3-1-2-4-16(15)13-21/h1-8,20H,9-13H2. The van der Waals surface area contributed by atoms with Crippen LogP contribution in [0.4, 0.5) is 4.39 Å². The van der Waals surface area contributed by atoms with Crippen LogP contribution in [0.15, 0.2) is 48.5 Å². The lowest BCUT2D eigenvalue weighted by Gasteiger charge is -2.29. The first-order valence-electron chi connectivity index (χ1n) is 7.52. The van der Waals surface area contributed by atoms with E-state index in [4.69, 9.17) is 0 Å². The summed E-state index contributed by atoms with van der Waals surface area (Å²) in [5.41, 5.74) is 3.55. The van der Waals surface area contributed by atoms with Gasteiger partial charge < -0.3 is 10.2 Å². The van der Waals surface area contributed by atoms with Crippen molar-refractivity contribution in [3.63, 3.8) is 0 Å². The Hall–Kier alpha value is -2.20. The summed E-state index contributed by atoms with van der Waals surface area (Å²) >= 11 is 0. The lowest BCUT2D eigenvalue weighted by Crippen LogP contribution is -2.41. The number of hydrogen-bond donors (Lipinski definition) is 1. The van der Waals surface area contributed by atoms with E-state index in [1.165, 1.54) is 23.3 Å². The van der Waals surface area contributed by atoms with E-state index in [1.54, 1.807) is 12.1 Å². The van der Waals surface area contributed by atoms with E-state index in [0.29, 0.717) is 19.6 Å². The van der Waals surface area contributed by atoms with Crippen LogP contribution in [0.1, 0.15) is 16.7 Å². The molecule has 1 aliphatic rings. The smallest absolute Gasteiger partial charge is 0.236 e. The number of hydrogen-bond acceptors (Lipinski definition) is 2. The largest absolute Gasteiger partial charge is 0.337 e. The van der Waals surface area contributed by atoms with Gasteiger partial charge in [-0.3, -0.25) is 4.79 Å². The number of fused-ring (bicyclic) bond motifs is 1. The Morgan fingerprint density at radius 2 is 1.82 bits per heavy atom. The highest BCUT2D eigenvalue weighted by atomic mass is 19.1. The van der Waals surface area contributed by atoms with Crippen LogP contribution in [0.25, 0.3) is 0 Å². The van der Waals surface area contributed by atoms with Crippen molar-refractivity contribution in [1.82, 2.24) is 10.2 Å². The number of nitrogens with one attached hydrogen (secondary N) is 1. The van der Waals surface area contributed by atoms with Crippen LogP contribution in [0, 0.1) is 5.82 Å². The van der Waals surface area contributed by atoms with Gasteiger partial charge in [-0.25, -0.2) is 4.39 Å². The summed E-state index contributed by atoms with van der Waals surface area (Å²) in [5.74, 6) is -0.136. The summed E-state index contributed by atoms with van der Waals surface area (Å²) in [6.07, 6.45) is 0.917. The van der Waals surface area contributed by atoms with Gasteiger partial charge in [-0.15, -0.1) is 0 Å². The molecule has 0 spiro atoms. The molecule has 0 unspecified atom stereocenters. The summed E-state index contributed by atoms with van der Waals surface area (Å²) in [6, 6.07) is 14.6. The van der Waals surface area contributed by atoms with Crippen molar-refractivity contribution in [3.05, 3.63) is 71.0 Å². The molecule has 1 heterocycles. The Kier molecular flexibility index (Phi) is 4.49. The van der Waals surface area contributed by atoms with Crippen molar-refractivity contribution >= 4 is 5.91 Å². The fourth-order valence-corrected chi connectivity index (χ4v) is 2.74. The molecule has 0 atom stereocenters. The van der Waals surface area contributed by atoms with Gasteiger partial charge in [-0.05, 0) is 35.2 Å². The Morgan fingerprint density at radius 1 is 1.09 bits per heavy atom. The number of benzene rings is 2. The van der Waals surface area contributed by atoms with Crippen LogP contribution < -0.4 is 5.32 Å². The molecule has 0 fully saturated rings. The maximum Gasteiger partial charge on any atom is 0.236 e. The van der Waals surface area contributed by atoms with Crippen molar-refractivity contribution in [3.8, 4) is 0 Å². The molecule has 0 saturated carbocycles. The molecule has 0 aromatic heterocycles. The summed E-state index contributed by atoms with van der Waals surface area (Å²) in [4.78, 5) is 14.1. The summed E-state index contributed by atoms with van der Waals surface area (Å²) < 4.78 is 12.8. The van der Waals surface area contributed by atoms with Gasteiger partial charge in [0.2, 0.25) is 5.91 Å². The zero-order valence-corrected chi connectivity index (χ0v) is 12.4. The van der Waals surface area contributed by atoms with Crippen LogP contribution in [0.2, 0.25) is 0 Å². The zero-order valence-electron chi connectivity index (χ0n) is 12.4. The summed E-state index contributed by atoms with van der Waals surface area (Å²) in [6.45, 7) is 2.33. The van der Waals surface area contributed by atoms with E-state index in [-0.39, 0.29) is 11.7 Å². The normalized spacial score (nSPS) is 13.8. The third kappa shape index (κ3) is 3.52. The van der Waals surface area contributed by atoms with Crippen LogP contribution in [-0.2, 0) is 24.3 Å². The second-order valence-electron chi connectivity index (χ2n) is 5.56. The first kappa shape index (κ1) is 14.7. The Balaban J connectivity index is 1.50. The van der Waals surface area contributed by atoms with Crippen LogP contribution in [0.5, 0.6) is 0 Å². The maximum atomic E-state index is 12.8. The summed E-state index contributed by atoms with van der Waals surface area (Å²) in [7, 11) is 0. The average Bonchev–Trinajstić information content (AvgIpc) is 2.56. The minimum absolute atomic E-state index is 0.108. The van der Waals surface area contributed by atoms with Crippen LogP contribution in [0.3, 0.4) is 0 Å². The predicted molar refractivity (Wildman–Crippen MR) is 83.7 cm³/mol. The zero-order chi connectivity index (χ0) is 15.4. The molecule has 3 nitrogen and oxygen atoms in total. The molecular formula is C18H19FN2O. The molecule has 1 aliphatic heterocycles. The number of halogens is 1. The average molecular weight is 298 g/mol. The third-order valence-electron chi connectivity index (χ3n) is 4.00. The Bertz CT molecular complexity index is 654. The van der Waals surface area contributed by atoms with Crippen molar-refractivity contribution in [2.24, 2.45) is 0 Å². The minimum Gasteiger partial charge on any atom is -0.337 e. The second kappa shape index (κ2) is 6.71. The molecule has 114 valence electrons. The number of amides is 1. The Labute approximate surface area is 129 Å². The molecule has 2 aromatic carbocycles. The van der Waals surface area contributed by atoms with E-state index in [1.807, 2.05) is 17.0 Å². The molecular weight excluding hydrogens is 279 g/mol. The van der Waals surface area contributed by atoms with Gasteiger partial charge >= 0.3 is 0 Å². The van der Waals surface area contributed by atoms with Gasteiger partial charge in [0.25, 0.3) is 0 Å². The van der Waals surface area contributed by atoms with Crippen molar-refractivity contribution in [1.29, 1.82) is 0 Å². The predicted octanol–water partition coefficient (Wildman–Crippen LogP) is 2.50. The first-order chi connectivity index (χ1) is 10.7. The van der Waals surface area contributed by atoms with Gasteiger partial charge in [-0.1, -0.05) is 36.4 Å². The fourth-order valence-electron chi connectivity index (χ4n) is 2.74. The van der Waals surface area contributed by atoms with E-state index in [2.05, 4.69) is 17.4 Å². The SMILES string of the molecule is O=C(CNCc1ccc(F)cc1)N1CCc2ccccc2C1. The monoisotopic (exact) mass is 298 g/mol. The van der Waals surface area contributed by atoms with Crippen LogP contribution in [-0.4, -0.2) is 23.9 Å². The topological polar surface area (TPSA) is 32.3 Å². The third-order valence-corrected chi connectivity index (χ3v) is 4.00. The summed E-state index contributed by atoms with van der Waals surface area (Å²) in [5, 5.41) is 3.13. The highest BCUT2D eigenvalue weighted by Crippen LogP contribution is 2.18. The van der Waals surface area contributed by atoms with Crippen LogP contribution >= 0.6 is 0 Å². The molecule has 0 bridgehead atoms. The highest BCUT2D eigenvalue weighted by Gasteiger charge is 2.19. The first-order valence-corrected chi connectivity index (χ1v) is 7.52. The van der Waals surface area contributed by atoms with Gasteiger partial charge in [0.05, 0.1) is 6.54 Å². The number of rotatable bonds is 4. The molecule has 22 heavy (non-hydrogen) atoms. The van der Waals surface area contributed by atoms with Gasteiger partial charge in [0, 0.05) is 19.6 Å². The van der Waals surface area contributed by atoms with E-state index < -0.39 is 0 Å². The molecule has 1 N–H and O–H groups in total. The molecule has 3 rings (SSSR count). The van der Waals surface area contributed by atoms with E-state index in [0.717, 1.165) is 18.5 Å². The molecule has 1 amide bonds. The maximum absolute atomic E-state index is 12.8. The van der Waals surface area contributed by atoms with E-state index >= 15 is 0 Å². The van der Waals surface area contributed by atoms with Gasteiger partial charge in [0.15, 0.2) is 0 Å². The van der Waals surface area contributed by atoms with Crippen molar-refractivity contribution in [2.45, 2.75) is 19.5 Å². The Morgan fingerprint density at radius 3 is 2.59 bits per heavy atom. The molecule has 0 saturated heterocycles. The molecule has 2 aromatic rings. The fraction of sp³-hybridized carbons (Fsp3) is 0.278. The van der Waals surface area contributed by atoms with E-state index in [9.17, 15) is 9.18 Å². The molecule has 4 heteroatoms. The lowest BCUT2D eigenvalue weighted by molar-refractivity contribution is -0.131. The quantitative estimate of drug-likeness (QED) is 0.940. The van der Waals surface area contributed by atoms with Gasteiger partial charge in [0.1, 0.15) is 5.82 Å². The molecule has 0 radical (unpaired) electrons. The van der Waals surface area contributed by atoms with Crippen molar-refractivity contribution < 1.29 is 9.18 Å². The van der Waals surface area contributed by atoms with Gasteiger partial charge in [-0.2, -0.15) is 0 Å². The lowest BCUT2D eigenvalue weighted by atomic mass is 10.00. The minimum atomic E-state index is -0.244. The number of carbonyl (C=O) groups excluding carboxylic acids is 1. The highest BCUT2D eigenvalue weighted by molar-refractivity contribution is 5.78. The molecule has 0 aliphatic carbocycles. The van der Waals surface area contributed by atoms with Crippen molar-refractivity contribution in [2.75, 3.05) is 13.1 Å².